The van der Waals surface area contributed by atoms with Gasteiger partial charge >= 0.3 is 5.97 Å². The lowest BCUT2D eigenvalue weighted by Crippen LogP contribution is -2.49. The van der Waals surface area contributed by atoms with E-state index in [0.717, 1.165) is 11.8 Å². The second kappa shape index (κ2) is 7.37. The molecule has 20 heavy (non-hydrogen) atoms. The molecule has 2 unspecified atom stereocenters. The maximum atomic E-state index is 10.9. The largest absolute Gasteiger partial charge is 0.463 e. The first-order valence-corrected chi connectivity index (χ1v) is 7.08. The highest BCUT2D eigenvalue weighted by atomic mass is 32.2. The molecule has 9 heteroatoms. The topological polar surface area (TPSA) is 134 Å². The number of azide groups is 1. The molecule has 0 aromatic rings. The zero-order valence-electron chi connectivity index (χ0n) is 11.6. The van der Waals surface area contributed by atoms with Crippen LogP contribution in [0, 0.1) is 17.2 Å². The molecule has 0 amide bonds. The summed E-state index contributed by atoms with van der Waals surface area (Å²) in [6.07, 6.45) is -0.387. The number of nitrogens with one attached hydrogen (secondary N) is 1. The van der Waals surface area contributed by atoms with Gasteiger partial charge in [0.1, 0.15) is 12.0 Å². The zero-order chi connectivity index (χ0) is 15.3. The number of nitrogens with two attached hydrogens (primary N) is 1. The SMILES string of the molecule is CC(=O)OCC1O[C@@H](SC(=N)N)C(C)[C@@H](N=[N+]=[N-])[C@H]1C. The van der Waals surface area contributed by atoms with Gasteiger partial charge in [0, 0.05) is 23.8 Å². The van der Waals surface area contributed by atoms with Gasteiger partial charge in [-0.3, -0.25) is 10.2 Å². The fourth-order valence-electron chi connectivity index (χ4n) is 2.20. The van der Waals surface area contributed by atoms with Crippen molar-refractivity contribution in [1.29, 1.82) is 5.41 Å². The summed E-state index contributed by atoms with van der Waals surface area (Å²) in [6.45, 7) is 5.19. The molecular weight excluding hydrogens is 282 g/mol. The Bertz CT molecular complexity index is 426. The number of ether oxygens (including phenoxy) is 2. The number of rotatable bonds is 4. The molecule has 0 radical (unpaired) electrons. The van der Waals surface area contributed by atoms with Gasteiger partial charge < -0.3 is 15.2 Å². The first kappa shape index (κ1) is 16.6. The van der Waals surface area contributed by atoms with E-state index in [1.165, 1.54) is 6.92 Å². The van der Waals surface area contributed by atoms with Gasteiger partial charge in [0.15, 0.2) is 5.17 Å². The van der Waals surface area contributed by atoms with Crippen LogP contribution in [0.3, 0.4) is 0 Å². The van der Waals surface area contributed by atoms with Gasteiger partial charge in [0.05, 0.1) is 6.10 Å². The number of esters is 1. The molecule has 1 heterocycles. The van der Waals surface area contributed by atoms with Crippen molar-refractivity contribution in [3.63, 3.8) is 0 Å². The number of amidine groups is 1. The Labute approximate surface area is 121 Å². The van der Waals surface area contributed by atoms with Gasteiger partial charge in [0.2, 0.25) is 0 Å². The van der Waals surface area contributed by atoms with Crippen LogP contribution in [-0.4, -0.2) is 35.3 Å². The van der Waals surface area contributed by atoms with Crippen molar-refractivity contribution in [2.75, 3.05) is 6.61 Å². The van der Waals surface area contributed by atoms with Gasteiger partial charge in [-0.1, -0.05) is 30.7 Å². The van der Waals surface area contributed by atoms with Crippen molar-refractivity contribution in [2.45, 2.75) is 38.4 Å². The van der Waals surface area contributed by atoms with Crippen LogP contribution in [0.2, 0.25) is 0 Å². The first-order valence-electron chi connectivity index (χ1n) is 6.20. The second-order valence-electron chi connectivity index (χ2n) is 4.74. The van der Waals surface area contributed by atoms with Crippen LogP contribution in [0.4, 0.5) is 0 Å². The number of carbonyl (C=O) groups is 1. The molecule has 1 saturated heterocycles. The van der Waals surface area contributed by atoms with Gasteiger partial charge in [-0.15, -0.1) is 0 Å². The lowest BCUT2D eigenvalue weighted by molar-refractivity contribution is -0.153. The molecule has 3 N–H and O–H groups in total. The molecule has 0 spiro atoms. The van der Waals surface area contributed by atoms with Gasteiger partial charge in [-0.05, 0) is 11.4 Å². The van der Waals surface area contributed by atoms with Gasteiger partial charge in [0.25, 0.3) is 0 Å². The van der Waals surface area contributed by atoms with E-state index in [2.05, 4.69) is 10.0 Å². The van der Waals surface area contributed by atoms with Crippen molar-refractivity contribution >= 4 is 22.9 Å². The summed E-state index contributed by atoms with van der Waals surface area (Å²) >= 11 is 1.07. The summed E-state index contributed by atoms with van der Waals surface area (Å²) in [7, 11) is 0. The molecular formula is C11H19N5O3S. The lowest BCUT2D eigenvalue weighted by Gasteiger charge is -2.42. The van der Waals surface area contributed by atoms with Crippen LogP contribution in [0.15, 0.2) is 5.11 Å². The Kier molecular flexibility index (Phi) is 6.12. The van der Waals surface area contributed by atoms with Crippen LogP contribution in [-0.2, 0) is 14.3 Å². The molecule has 0 saturated carbocycles. The molecule has 1 aliphatic rings. The molecule has 0 aromatic carbocycles. The zero-order valence-corrected chi connectivity index (χ0v) is 12.5. The smallest absolute Gasteiger partial charge is 0.302 e. The molecule has 0 aromatic heterocycles. The molecule has 1 aliphatic heterocycles. The standard InChI is InChI=1S/C11H19N5O3S/c1-5-8(4-18-7(3)17)19-10(20-11(12)13)6(2)9(5)15-16-14/h5-6,8-10H,4H2,1-3H3,(H3,12,13)/t5-,6?,8?,9-,10-/m0/s1. The first-order chi connectivity index (χ1) is 9.36. The van der Waals surface area contributed by atoms with E-state index >= 15 is 0 Å². The van der Waals surface area contributed by atoms with Crippen LogP contribution < -0.4 is 5.73 Å². The van der Waals surface area contributed by atoms with E-state index in [1.54, 1.807) is 0 Å². The maximum absolute atomic E-state index is 10.9. The molecule has 1 fully saturated rings. The third kappa shape index (κ3) is 4.29. The monoisotopic (exact) mass is 301 g/mol. The minimum atomic E-state index is -0.403. The fourth-order valence-corrected chi connectivity index (χ4v) is 3.02. The highest BCUT2D eigenvalue weighted by molar-refractivity contribution is 8.14. The van der Waals surface area contributed by atoms with E-state index in [1.807, 2.05) is 13.8 Å². The van der Waals surface area contributed by atoms with Crippen LogP contribution in [0.25, 0.3) is 10.4 Å². The lowest BCUT2D eigenvalue weighted by atomic mass is 9.85. The Morgan fingerprint density at radius 3 is 2.70 bits per heavy atom. The minimum absolute atomic E-state index is 0.0673. The number of hydrogen-bond acceptors (Lipinski definition) is 6. The number of thioether (sulfide) groups is 1. The van der Waals surface area contributed by atoms with Crippen LogP contribution in [0.5, 0.6) is 0 Å². The van der Waals surface area contributed by atoms with E-state index < -0.39 is 11.4 Å². The summed E-state index contributed by atoms with van der Waals surface area (Å²) in [5.41, 5.74) is 13.7. The van der Waals surface area contributed by atoms with E-state index in [-0.39, 0.29) is 35.8 Å². The normalized spacial score (nSPS) is 33.0. The Morgan fingerprint density at radius 2 is 2.20 bits per heavy atom. The highest BCUT2D eigenvalue weighted by Gasteiger charge is 2.42. The fraction of sp³-hybridized carbons (Fsp3) is 0.818. The van der Waals surface area contributed by atoms with Crippen molar-refractivity contribution in [1.82, 2.24) is 0 Å². The number of carbonyl (C=O) groups excluding carboxylic acids is 1. The Morgan fingerprint density at radius 1 is 1.55 bits per heavy atom. The van der Waals surface area contributed by atoms with Crippen molar-refractivity contribution in [2.24, 2.45) is 22.7 Å². The summed E-state index contributed by atoms with van der Waals surface area (Å²) in [6, 6.07) is -0.300. The van der Waals surface area contributed by atoms with Crippen LogP contribution in [0.1, 0.15) is 20.8 Å². The quantitative estimate of drug-likeness (QED) is 0.204. The highest BCUT2D eigenvalue weighted by Crippen LogP contribution is 2.37. The van der Waals surface area contributed by atoms with Crippen molar-refractivity contribution in [3.05, 3.63) is 10.4 Å². The van der Waals surface area contributed by atoms with Gasteiger partial charge in [-0.2, -0.15) is 0 Å². The molecule has 0 aliphatic carbocycles. The van der Waals surface area contributed by atoms with E-state index in [4.69, 9.17) is 26.1 Å². The van der Waals surface area contributed by atoms with Crippen LogP contribution >= 0.6 is 11.8 Å². The maximum Gasteiger partial charge on any atom is 0.302 e. The van der Waals surface area contributed by atoms with Crippen molar-refractivity contribution in [3.8, 4) is 0 Å². The molecule has 8 nitrogen and oxygen atoms in total. The molecule has 1 rings (SSSR count). The minimum Gasteiger partial charge on any atom is -0.463 e. The van der Waals surface area contributed by atoms with Crippen molar-refractivity contribution < 1.29 is 14.3 Å². The number of hydrogen-bond donors (Lipinski definition) is 2. The van der Waals surface area contributed by atoms with E-state index in [0.29, 0.717) is 0 Å². The van der Waals surface area contributed by atoms with E-state index in [9.17, 15) is 4.79 Å². The molecule has 5 atom stereocenters. The molecule has 0 bridgehead atoms. The summed E-state index contributed by atoms with van der Waals surface area (Å²) in [5, 5.41) is 11.1. The van der Waals surface area contributed by atoms with Gasteiger partial charge in [-0.25, -0.2) is 0 Å². The second-order valence-corrected chi connectivity index (χ2v) is 5.88. The molecule has 112 valence electrons. The summed E-state index contributed by atoms with van der Waals surface area (Å²) < 4.78 is 10.8. The third-order valence-corrected chi connectivity index (χ3v) is 4.31. The predicted octanol–water partition coefficient (Wildman–Crippen LogP) is 1.85. The average Bonchev–Trinajstić information content (AvgIpc) is 2.35. The summed E-state index contributed by atoms with van der Waals surface area (Å²) in [5.74, 6) is -0.581. The summed E-state index contributed by atoms with van der Waals surface area (Å²) in [4.78, 5) is 13.8. The Balaban J connectivity index is 2.87. The third-order valence-electron chi connectivity index (χ3n) is 3.28. The number of nitrogens with zero attached hydrogens (tertiary/aromatic N) is 3. The Hall–Kier alpha value is -1.44. The predicted molar refractivity (Wildman–Crippen MR) is 76.1 cm³/mol. The average molecular weight is 301 g/mol.